The molecule has 15 heavy (non-hydrogen) atoms. The highest BCUT2D eigenvalue weighted by Gasteiger charge is 2.41. The van der Waals surface area contributed by atoms with E-state index in [0.717, 1.165) is 17.8 Å². The fraction of sp³-hybridized carbons (Fsp3) is 1.00. The molecule has 0 amide bonds. The third kappa shape index (κ3) is 2.86. The first kappa shape index (κ1) is 15.2. The third-order valence-electron chi connectivity index (χ3n) is 5.20. The van der Waals surface area contributed by atoms with Gasteiger partial charge in [-0.2, -0.15) is 0 Å². The summed E-state index contributed by atoms with van der Waals surface area (Å²) < 4.78 is 0. The molecule has 0 fully saturated rings. The predicted molar refractivity (Wildman–Crippen MR) is 75.5 cm³/mol. The van der Waals surface area contributed by atoms with E-state index in [4.69, 9.17) is 0 Å². The van der Waals surface area contributed by atoms with E-state index in [9.17, 15) is 0 Å². The molecule has 0 aromatic rings. The summed E-state index contributed by atoms with van der Waals surface area (Å²) in [6, 6.07) is 1.48. The summed E-state index contributed by atoms with van der Waals surface area (Å²) in [5.41, 5.74) is 0.629. The van der Waals surface area contributed by atoms with Crippen LogP contribution in [0.5, 0.6) is 0 Å². The fourth-order valence-corrected chi connectivity index (χ4v) is 5.73. The molecule has 0 aromatic carbocycles. The normalized spacial score (nSPS) is 22.0. The first-order valence-electron chi connectivity index (χ1n) is 7.00. The molecule has 0 bridgehead atoms. The van der Waals surface area contributed by atoms with E-state index in [1.807, 2.05) is 0 Å². The maximum Gasteiger partial charge on any atom is 0.00354 e. The molecule has 0 aliphatic rings. The van der Waals surface area contributed by atoms with Crippen LogP contribution in [0.15, 0.2) is 0 Å². The third-order valence-corrected chi connectivity index (χ3v) is 6.43. The van der Waals surface area contributed by atoms with E-state index >= 15 is 0 Å². The highest BCUT2D eigenvalue weighted by atomic mass is 28.1. The van der Waals surface area contributed by atoms with Gasteiger partial charge in [-0.15, -0.1) is 0 Å². The van der Waals surface area contributed by atoms with Gasteiger partial charge in [0.25, 0.3) is 0 Å². The highest BCUT2D eigenvalue weighted by Crippen LogP contribution is 2.49. The van der Waals surface area contributed by atoms with Crippen molar-refractivity contribution in [2.24, 2.45) is 23.2 Å². The Morgan fingerprint density at radius 2 is 1.07 bits per heavy atom. The van der Waals surface area contributed by atoms with Crippen LogP contribution >= 0.6 is 0 Å². The van der Waals surface area contributed by atoms with Gasteiger partial charge in [-0.05, 0) is 23.2 Å². The molecule has 0 N–H and O–H groups in total. The number of hydrogen-bond acceptors (Lipinski definition) is 0. The van der Waals surface area contributed by atoms with E-state index in [1.165, 1.54) is 35.5 Å². The Kier molecular flexibility index (Phi) is 6.82. The van der Waals surface area contributed by atoms with Gasteiger partial charge in [-0.25, -0.2) is 0 Å². The van der Waals surface area contributed by atoms with Crippen LogP contribution in [0, 0.1) is 23.2 Å². The van der Waals surface area contributed by atoms with Gasteiger partial charge in [-0.1, -0.05) is 66.8 Å². The number of rotatable bonds is 7. The summed E-state index contributed by atoms with van der Waals surface area (Å²) in [6.07, 6.45) is 4.03. The van der Waals surface area contributed by atoms with Gasteiger partial charge in [0.15, 0.2) is 0 Å². The van der Waals surface area contributed by atoms with Crippen LogP contribution in [0.25, 0.3) is 0 Å². The van der Waals surface area contributed by atoms with Crippen molar-refractivity contribution in [3.63, 3.8) is 0 Å². The standard InChI is InChI=1S/C14H32Si/c1-7-11(4)14(10-15,12(5)8-2)13(6)9-3/h11-13H,7-10H2,1-6,15H3. The monoisotopic (exact) mass is 228 g/mol. The summed E-state index contributed by atoms with van der Waals surface area (Å²) in [4.78, 5) is 0. The first-order chi connectivity index (χ1) is 7.00. The Hall–Kier alpha value is 0.217. The first-order valence-corrected chi connectivity index (χ1v) is 8.42. The van der Waals surface area contributed by atoms with Crippen molar-refractivity contribution in [3.8, 4) is 0 Å². The lowest BCUT2D eigenvalue weighted by Crippen LogP contribution is -2.40. The van der Waals surface area contributed by atoms with Crippen LogP contribution in [0.4, 0.5) is 0 Å². The molecule has 0 saturated heterocycles. The zero-order chi connectivity index (χ0) is 12.1. The van der Waals surface area contributed by atoms with Gasteiger partial charge in [0.05, 0.1) is 0 Å². The second-order valence-electron chi connectivity index (χ2n) is 5.39. The Morgan fingerprint density at radius 3 is 1.20 bits per heavy atom. The second kappa shape index (κ2) is 6.73. The lowest BCUT2D eigenvalue weighted by molar-refractivity contribution is 0.0384. The fourth-order valence-electron chi connectivity index (χ4n) is 3.64. The molecule has 0 spiro atoms. The molecule has 0 radical (unpaired) electrons. The summed E-state index contributed by atoms with van der Waals surface area (Å²) in [7, 11) is 1.35. The quantitative estimate of drug-likeness (QED) is 0.580. The maximum atomic E-state index is 2.48. The van der Waals surface area contributed by atoms with Crippen LogP contribution in [-0.2, 0) is 0 Å². The van der Waals surface area contributed by atoms with Crippen LogP contribution < -0.4 is 0 Å². The van der Waals surface area contributed by atoms with E-state index < -0.39 is 0 Å². The highest BCUT2D eigenvalue weighted by molar-refractivity contribution is 6.09. The lowest BCUT2D eigenvalue weighted by Gasteiger charge is -2.48. The molecule has 1 heteroatoms. The van der Waals surface area contributed by atoms with Crippen LogP contribution in [0.1, 0.15) is 60.8 Å². The smallest absolute Gasteiger partial charge is 0.00354 e. The summed E-state index contributed by atoms with van der Waals surface area (Å²) >= 11 is 0. The lowest BCUT2D eigenvalue weighted by atomic mass is 9.60. The van der Waals surface area contributed by atoms with Gasteiger partial charge >= 0.3 is 0 Å². The van der Waals surface area contributed by atoms with Crippen molar-refractivity contribution in [1.29, 1.82) is 0 Å². The van der Waals surface area contributed by atoms with Crippen molar-refractivity contribution in [3.05, 3.63) is 0 Å². The van der Waals surface area contributed by atoms with Gasteiger partial charge in [-0.3, -0.25) is 0 Å². The van der Waals surface area contributed by atoms with Crippen molar-refractivity contribution in [2.75, 3.05) is 0 Å². The van der Waals surface area contributed by atoms with Crippen molar-refractivity contribution < 1.29 is 0 Å². The average Bonchev–Trinajstić information content (AvgIpc) is 2.29. The van der Waals surface area contributed by atoms with Gasteiger partial charge < -0.3 is 0 Å². The van der Waals surface area contributed by atoms with E-state index in [-0.39, 0.29) is 0 Å². The minimum absolute atomic E-state index is 0.629. The molecule has 0 aromatic heterocycles. The molecule has 0 rings (SSSR count). The summed E-state index contributed by atoms with van der Waals surface area (Å²) in [6.45, 7) is 14.5. The Labute approximate surface area is 101 Å². The second-order valence-corrected chi connectivity index (χ2v) is 6.10. The molecule has 0 aliphatic heterocycles. The maximum absolute atomic E-state index is 2.48. The predicted octanol–water partition coefficient (Wildman–Crippen LogP) is 3.89. The zero-order valence-electron chi connectivity index (χ0n) is 12.1. The molecule has 0 saturated carbocycles. The summed E-state index contributed by atoms with van der Waals surface area (Å²) in [5, 5.41) is 0. The Balaban J connectivity index is 5.09. The van der Waals surface area contributed by atoms with Gasteiger partial charge in [0.2, 0.25) is 0 Å². The van der Waals surface area contributed by atoms with Crippen LogP contribution in [0.2, 0.25) is 6.04 Å². The van der Waals surface area contributed by atoms with Crippen LogP contribution in [-0.4, -0.2) is 10.2 Å². The largest absolute Gasteiger partial charge is 0.0651 e. The average molecular weight is 228 g/mol. The Bertz CT molecular complexity index is 138. The van der Waals surface area contributed by atoms with Gasteiger partial charge in [0, 0.05) is 10.2 Å². The molecular weight excluding hydrogens is 196 g/mol. The number of hydrogen-bond donors (Lipinski definition) is 0. The van der Waals surface area contributed by atoms with E-state index in [2.05, 4.69) is 41.5 Å². The molecule has 0 heterocycles. The zero-order valence-corrected chi connectivity index (χ0v) is 14.1. The van der Waals surface area contributed by atoms with Crippen LogP contribution in [0.3, 0.4) is 0 Å². The minimum Gasteiger partial charge on any atom is -0.0651 e. The SMILES string of the molecule is CCC(C)C(C[SiH3])(C(C)CC)C(C)CC. The van der Waals surface area contributed by atoms with E-state index in [0.29, 0.717) is 5.41 Å². The van der Waals surface area contributed by atoms with Crippen molar-refractivity contribution in [2.45, 2.75) is 66.8 Å². The molecule has 0 aliphatic carbocycles. The van der Waals surface area contributed by atoms with Crippen molar-refractivity contribution >= 4 is 10.2 Å². The van der Waals surface area contributed by atoms with Crippen molar-refractivity contribution in [1.82, 2.24) is 0 Å². The minimum atomic E-state index is 0.629. The van der Waals surface area contributed by atoms with Gasteiger partial charge in [0.1, 0.15) is 0 Å². The molecular formula is C14H32Si. The van der Waals surface area contributed by atoms with E-state index in [1.54, 1.807) is 0 Å². The Morgan fingerprint density at radius 1 is 0.800 bits per heavy atom. The molecule has 3 unspecified atom stereocenters. The topological polar surface area (TPSA) is 0 Å². The molecule has 92 valence electrons. The molecule has 3 atom stereocenters. The molecule has 0 nitrogen and oxygen atoms in total. The summed E-state index contributed by atoms with van der Waals surface area (Å²) in [5.74, 6) is 2.67.